The number of amides is 1. The molecular formula is C18H17FN2O5S. The Morgan fingerprint density at radius 2 is 1.85 bits per heavy atom. The maximum atomic E-state index is 13.6. The number of ether oxygens (including phenoxy) is 1. The maximum Gasteiger partial charge on any atom is 0.324 e. The van der Waals surface area contributed by atoms with Gasteiger partial charge in [-0.3, -0.25) is 9.59 Å². The molecule has 0 spiro atoms. The van der Waals surface area contributed by atoms with E-state index in [1.54, 1.807) is 6.07 Å². The number of benzene rings is 2. The van der Waals surface area contributed by atoms with Crippen molar-refractivity contribution in [2.75, 3.05) is 11.9 Å². The summed E-state index contributed by atoms with van der Waals surface area (Å²) in [6.07, 6.45) is 0.139. The molecule has 1 aliphatic heterocycles. The molecule has 1 saturated heterocycles. The second kappa shape index (κ2) is 7.85. The molecule has 3 rings (SSSR count). The summed E-state index contributed by atoms with van der Waals surface area (Å²) >= 11 is 0. The van der Waals surface area contributed by atoms with E-state index in [-0.39, 0.29) is 29.9 Å². The lowest BCUT2D eigenvalue weighted by molar-refractivity contribution is -0.139. The van der Waals surface area contributed by atoms with Crippen LogP contribution in [0.4, 0.5) is 10.1 Å². The van der Waals surface area contributed by atoms with Crippen LogP contribution in [0.1, 0.15) is 12.0 Å². The average Bonchev–Trinajstić information content (AvgIpc) is 3.01. The highest BCUT2D eigenvalue weighted by Gasteiger charge is 2.31. The van der Waals surface area contributed by atoms with E-state index in [0.29, 0.717) is 5.69 Å². The molecule has 1 atom stereocenters. The van der Waals surface area contributed by atoms with Gasteiger partial charge in [0.05, 0.1) is 17.9 Å². The van der Waals surface area contributed by atoms with Gasteiger partial charge < -0.3 is 10.1 Å². The number of rotatable bonds is 6. The van der Waals surface area contributed by atoms with Crippen molar-refractivity contribution in [3.8, 4) is 0 Å². The number of nitrogens with one attached hydrogen (secondary N) is 2. The van der Waals surface area contributed by atoms with Crippen LogP contribution in [-0.2, 0) is 30.8 Å². The topological polar surface area (TPSA) is 102 Å². The highest BCUT2D eigenvalue weighted by Crippen LogP contribution is 2.17. The normalized spacial score (nSPS) is 16.8. The number of cyclic esters (lactones) is 1. The fourth-order valence-corrected chi connectivity index (χ4v) is 3.81. The van der Waals surface area contributed by atoms with Crippen LogP contribution in [0.2, 0.25) is 0 Å². The number of halogens is 1. The first-order chi connectivity index (χ1) is 12.8. The molecular weight excluding hydrogens is 375 g/mol. The van der Waals surface area contributed by atoms with Crippen LogP contribution in [0.25, 0.3) is 0 Å². The summed E-state index contributed by atoms with van der Waals surface area (Å²) in [7, 11) is -3.89. The molecule has 1 amide bonds. The first-order valence-corrected chi connectivity index (χ1v) is 9.66. The zero-order valence-corrected chi connectivity index (χ0v) is 15.0. The number of esters is 1. The van der Waals surface area contributed by atoms with E-state index in [4.69, 9.17) is 4.74 Å². The van der Waals surface area contributed by atoms with Gasteiger partial charge in [0.2, 0.25) is 15.9 Å². The fourth-order valence-electron chi connectivity index (χ4n) is 2.60. The lowest BCUT2D eigenvalue weighted by Crippen LogP contribution is -2.37. The molecule has 0 aromatic heterocycles. The van der Waals surface area contributed by atoms with Crippen molar-refractivity contribution in [2.45, 2.75) is 23.8 Å². The Labute approximate surface area is 155 Å². The summed E-state index contributed by atoms with van der Waals surface area (Å²) in [6, 6.07) is 10.5. The summed E-state index contributed by atoms with van der Waals surface area (Å²) in [5, 5.41) is 2.58. The Morgan fingerprint density at radius 1 is 1.15 bits per heavy atom. The van der Waals surface area contributed by atoms with E-state index in [1.165, 1.54) is 42.5 Å². The number of hydrogen-bond acceptors (Lipinski definition) is 5. The van der Waals surface area contributed by atoms with Gasteiger partial charge in [-0.25, -0.2) is 12.8 Å². The van der Waals surface area contributed by atoms with Crippen LogP contribution in [0.3, 0.4) is 0 Å². The summed E-state index contributed by atoms with van der Waals surface area (Å²) in [5.74, 6) is -1.50. The van der Waals surface area contributed by atoms with Gasteiger partial charge in [0, 0.05) is 12.1 Å². The Bertz CT molecular complexity index is 960. The third kappa shape index (κ3) is 4.69. The lowest BCUT2D eigenvalue weighted by atomic mass is 10.1. The Morgan fingerprint density at radius 3 is 2.48 bits per heavy atom. The fraction of sp³-hybridized carbons (Fsp3) is 0.222. The van der Waals surface area contributed by atoms with Crippen molar-refractivity contribution in [1.82, 2.24) is 4.72 Å². The highest BCUT2D eigenvalue weighted by molar-refractivity contribution is 7.89. The minimum atomic E-state index is -3.89. The monoisotopic (exact) mass is 392 g/mol. The average molecular weight is 392 g/mol. The van der Waals surface area contributed by atoms with Crippen LogP contribution in [0, 0.1) is 5.82 Å². The lowest BCUT2D eigenvalue weighted by Gasteiger charge is -2.11. The van der Waals surface area contributed by atoms with Crippen molar-refractivity contribution in [3.05, 3.63) is 59.9 Å². The molecule has 142 valence electrons. The standard InChI is InChI=1S/C18H17FN2O5S/c19-15-4-2-1-3-12(15)11-17(22)20-13-5-7-14(8-6-13)27(24,25)21-16-9-10-26-18(16)23/h1-8,16,21H,9-11H2,(H,20,22)/t16-/m0/s1. The van der Waals surface area contributed by atoms with Crippen molar-refractivity contribution in [3.63, 3.8) is 0 Å². The Hall–Kier alpha value is -2.78. The van der Waals surface area contributed by atoms with Crippen molar-refractivity contribution in [1.29, 1.82) is 0 Å². The molecule has 0 aliphatic carbocycles. The third-order valence-corrected chi connectivity index (χ3v) is 5.48. The molecule has 2 aromatic carbocycles. The molecule has 1 fully saturated rings. The molecule has 0 unspecified atom stereocenters. The van der Waals surface area contributed by atoms with E-state index in [9.17, 15) is 22.4 Å². The van der Waals surface area contributed by atoms with Gasteiger partial charge in [0.25, 0.3) is 0 Å². The van der Waals surface area contributed by atoms with Gasteiger partial charge in [-0.2, -0.15) is 4.72 Å². The van der Waals surface area contributed by atoms with Crippen molar-refractivity contribution >= 4 is 27.6 Å². The molecule has 2 N–H and O–H groups in total. The van der Waals surface area contributed by atoms with Gasteiger partial charge in [-0.1, -0.05) is 18.2 Å². The Kier molecular flexibility index (Phi) is 5.52. The van der Waals surface area contributed by atoms with Crippen LogP contribution in [-0.4, -0.2) is 32.9 Å². The number of carbonyl (C=O) groups is 2. The zero-order valence-electron chi connectivity index (χ0n) is 14.1. The molecule has 27 heavy (non-hydrogen) atoms. The van der Waals surface area contributed by atoms with Gasteiger partial charge in [0.15, 0.2) is 0 Å². The minimum absolute atomic E-state index is 0.0469. The molecule has 0 saturated carbocycles. The van der Waals surface area contributed by atoms with Crippen LogP contribution < -0.4 is 10.0 Å². The largest absolute Gasteiger partial charge is 0.464 e. The Balaban J connectivity index is 1.63. The van der Waals surface area contributed by atoms with Crippen LogP contribution in [0.5, 0.6) is 0 Å². The van der Waals surface area contributed by atoms with Gasteiger partial charge in [0.1, 0.15) is 11.9 Å². The van der Waals surface area contributed by atoms with Gasteiger partial charge in [-0.15, -0.1) is 0 Å². The smallest absolute Gasteiger partial charge is 0.324 e. The number of hydrogen-bond donors (Lipinski definition) is 2. The van der Waals surface area contributed by atoms with E-state index in [0.717, 1.165) is 0 Å². The maximum absolute atomic E-state index is 13.6. The van der Waals surface area contributed by atoms with Crippen molar-refractivity contribution < 1.29 is 27.1 Å². The number of sulfonamides is 1. The van der Waals surface area contributed by atoms with Gasteiger partial charge in [-0.05, 0) is 35.9 Å². The molecule has 7 nitrogen and oxygen atoms in total. The summed E-state index contributed by atoms with van der Waals surface area (Å²) in [6.45, 7) is 0.180. The van der Waals surface area contributed by atoms with E-state index >= 15 is 0 Å². The molecule has 9 heteroatoms. The van der Waals surface area contributed by atoms with E-state index in [2.05, 4.69) is 10.0 Å². The van der Waals surface area contributed by atoms with E-state index in [1.807, 2.05) is 0 Å². The molecule has 1 aliphatic rings. The molecule has 0 radical (unpaired) electrons. The quantitative estimate of drug-likeness (QED) is 0.727. The summed E-state index contributed by atoms with van der Waals surface area (Å²) < 4.78 is 45.2. The zero-order chi connectivity index (χ0) is 19.4. The van der Waals surface area contributed by atoms with E-state index < -0.39 is 33.8 Å². The highest BCUT2D eigenvalue weighted by atomic mass is 32.2. The number of anilines is 1. The van der Waals surface area contributed by atoms with Crippen molar-refractivity contribution in [2.24, 2.45) is 0 Å². The SMILES string of the molecule is O=C(Cc1ccccc1F)Nc1ccc(S(=O)(=O)N[C@H]2CCOC2=O)cc1. The molecule has 2 aromatic rings. The first kappa shape index (κ1) is 19.0. The predicted molar refractivity (Wildman–Crippen MR) is 94.9 cm³/mol. The predicted octanol–water partition coefficient (Wildman–Crippen LogP) is 1.60. The molecule has 1 heterocycles. The van der Waals surface area contributed by atoms with Crippen LogP contribution in [0.15, 0.2) is 53.4 Å². The van der Waals surface area contributed by atoms with Crippen LogP contribution >= 0.6 is 0 Å². The molecule has 0 bridgehead atoms. The summed E-state index contributed by atoms with van der Waals surface area (Å²) in [5.41, 5.74) is 0.636. The third-order valence-electron chi connectivity index (χ3n) is 3.99. The van der Waals surface area contributed by atoms with Gasteiger partial charge >= 0.3 is 5.97 Å². The minimum Gasteiger partial charge on any atom is -0.464 e. The summed E-state index contributed by atoms with van der Waals surface area (Å²) in [4.78, 5) is 23.4. The second-order valence-electron chi connectivity index (χ2n) is 5.97. The number of carbonyl (C=O) groups excluding carboxylic acids is 2. The second-order valence-corrected chi connectivity index (χ2v) is 7.68. The first-order valence-electron chi connectivity index (χ1n) is 8.17.